The Labute approximate surface area is 252 Å². The Kier molecular flexibility index (Phi) is 10.8. The van der Waals surface area contributed by atoms with Crippen molar-refractivity contribution in [2.75, 3.05) is 23.1 Å². The summed E-state index contributed by atoms with van der Waals surface area (Å²) in [7, 11) is -7.66. The Balaban J connectivity index is 1.50. The second-order valence-corrected chi connectivity index (χ2v) is 15.2. The maximum Gasteiger partial charge on any atom is 0.264 e. The molecule has 4 rings (SSSR count). The Morgan fingerprint density at radius 3 is 2.39 bits per heavy atom. The van der Waals surface area contributed by atoms with Gasteiger partial charge in [0, 0.05) is 53.7 Å². The first-order valence-electron chi connectivity index (χ1n) is 13.6. The molecular weight excluding hydrogens is 607 g/mol. The van der Waals surface area contributed by atoms with Crippen LogP contribution in [0.4, 0.5) is 5.69 Å². The lowest BCUT2D eigenvalue weighted by atomic mass is 10.1. The van der Waals surface area contributed by atoms with Gasteiger partial charge in [-0.2, -0.15) is 0 Å². The first kappa shape index (κ1) is 31.8. The van der Waals surface area contributed by atoms with Crippen LogP contribution in [0.3, 0.4) is 0 Å². The average Bonchev–Trinajstić information content (AvgIpc) is 3.59. The van der Waals surface area contributed by atoms with Gasteiger partial charge in [0.05, 0.1) is 29.3 Å². The molecule has 1 saturated carbocycles. The fourth-order valence-electron chi connectivity index (χ4n) is 4.79. The van der Waals surface area contributed by atoms with Gasteiger partial charge in [0.25, 0.3) is 10.0 Å². The molecule has 1 heterocycles. The molecule has 41 heavy (non-hydrogen) atoms. The molecule has 0 spiro atoms. The number of rotatable bonds is 16. The number of imidazole rings is 1. The molecular formula is C28H36Cl2N4O5S2. The molecule has 1 aliphatic carbocycles. The molecule has 0 bridgehead atoms. The highest BCUT2D eigenvalue weighted by Crippen LogP contribution is 2.34. The van der Waals surface area contributed by atoms with Gasteiger partial charge in [0.2, 0.25) is 10.0 Å². The number of benzene rings is 2. The third kappa shape index (κ3) is 8.46. The number of aliphatic hydroxyl groups is 1. The van der Waals surface area contributed by atoms with Crippen LogP contribution in [0.5, 0.6) is 0 Å². The largest absolute Gasteiger partial charge is 0.392 e. The highest BCUT2D eigenvalue weighted by atomic mass is 35.5. The zero-order valence-electron chi connectivity index (χ0n) is 22.9. The number of aliphatic hydroxyl groups excluding tert-OH is 1. The van der Waals surface area contributed by atoms with Crippen LogP contribution in [0.2, 0.25) is 10.0 Å². The highest BCUT2D eigenvalue weighted by Gasteiger charge is 2.33. The number of hydrogen-bond donors (Lipinski definition) is 1. The zero-order chi connectivity index (χ0) is 29.6. The maximum absolute atomic E-state index is 13.9. The molecule has 2 aromatic carbocycles. The van der Waals surface area contributed by atoms with Gasteiger partial charge in [-0.1, -0.05) is 29.3 Å². The maximum atomic E-state index is 13.9. The van der Waals surface area contributed by atoms with Gasteiger partial charge in [0.15, 0.2) is 0 Å². The molecule has 1 aromatic heterocycles. The molecule has 0 amide bonds. The smallest absolute Gasteiger partial charge is 0.264 e. The van der Waals surface area contributed by atoms with Crippen molar-refractivity contribution in [2.45, 2.75) is 63.1 Å². The number of halogens is 2. The van der Waals surface area contributed by atoms with E-state index in [0.717, 1.165) is 12.8 Å². The van der Waals surface area contributed by atoms with Crippen LogP contribution >= 0.6 is 23.2 Å². The summed E-state index contributed by atoms with van der Waals surface area (Å²) in [5, 5.41) is 10.7. The van der Waals surface area contributed by atoms with E-state index >= 15 is 0 Å². The summed E-state index contributed by atoms with van der Waals surface area (Å²) in [6.45, 7) is 2.95. The van der Waals surface area contributed by atoms with Crippen molar-refractivity contribution < 1.29 is 21.9 Å². The van der Waals surface area contributed by atoms with E-state index in [0.29, 0.717) is 47.6 Å². The van der Waals surface area contributed by atoms with E-state index in [1.807, 2.05) is 10.8 Å². The Morgan fingerprint density at radius 1 is 1.05 bits per heavy atom. The number of hydrogen-bond acceptors (Lipinski definition) is 6. The molecule has 0 radical (unpaired) electrons. The van der Waals surface area contributed by atoms with Crippen molar-refractivity contribution in [1.29, 1.82) is 0 Å². The lowest BCUT2D eigenvalue weighted by Crippen LogP contribution is -2.40. The predicted molar refractivity (Wildman–Crippen MR) is 162 cm³/mol. The minimum Gasteiger partial charge on any atom is -0.392 e. The monoisotopic (exact) mass is 642 g/mol. The van der Waals surface area contributed by atoms with E-state index in [-0.39, 0.29) is 29.2 Å². The second-order valence-electron chi connectivity index (χ2n) is 10.4. The topological polar surface area (TPSA) is 113 Å². The van der Waals surface area contributed by atoms with Crippen molar-refractivity contribution in [1.82, 2.24) is 13.9 Å². The molecule has 9 nitrogen and oxygen atoms in total. The third-order valence-electron chi connectivity index (χ3n) is 7.19. The van der Waals surface area contributed by atoms with E-state index in [2.05, 4.69) is 4.98 Å². The summed E-state index contributed by atoms with van der Waals surface area (Å²) in [4.78, 5) is 4.06. The molecule has 224 valence electrons. The molecule has 1 aliphatic rings. The van der Waals surface area contributed by atoms with Crippen molar-refractivity contribution in [3.05, 3.63) is 76.8 Å². The summed E-state index contributed by atoms with van der Waals surface area (Å²) in [5.74, 6) is 0.309. The lowest BCUT2D eigenvalue weighted by Gasteiger charge is -2.32. The van der Waals surface area contributed by atoms with Gasteiger partial charge in [-0.3, -0.25) is 4.31 Å². The van der Waals surface area contributed by atoms with Gasteiger partial charge >= 0.3 is 0 Å². The van der Waals surface area contributed by atoms with Crippen molar-refractivity contribution in [3.8, 4) is 0 Å². The van der Waals surface area contributed by atoms with Gasteiger partial charge in [-0.15, -0.1) is 0 Å². The van der Waals surface area contributed by atoms with Crippen LogP contribution in [-0.4, -0.2) is 60.7 Å². The first-order valence-corrected chi connectivity index (χ1v) is 17.4. The number of aryl methyl sites for hydroxylation is 1. The number of aromatic nitrogens is 2. The molecule has 0 unspecified atom stereocenters. The minimum absolute atomic E-state index is 0.0266. The summed E-state index contributed by atoms with van der Waals surface area (Å²) in [6.07, 6.45) is 8.54. The number of anilines is 1. The summed E-state index contributed by atoms with van der Waals surface area (Å²) in [5.41, 5.74) is 0.639. The SMILES string of the molecule is C[C@H](CCCS(=O)(=O)N(CCCn1ccnc1)CC1CC1)N(c1cc(Cl)ccc1CO)S(=O)(=O)c1ccc(Cl)cc1. The Hall–Kier alpha value is -2.15. The molecule has 3 aromatic rings. The van der Waals surface area contributed by atoms with Crippen LogP contribution in [0, 0.1) is 5.92 Å². The van der Waals surface area contributed by atoms with Crippen molar-refractivity contribution in [3.63, 3.8) is 0 Å². The quantitative estimate of drug-likeness (QED) is 0.230. The molecule has 0 aliphatic heterocycles. The summed E-state index contributed by atoms with van der Waals surface area (Å²) < 4.78 is 59.4. The van der Waals surface area contributed by atoms with Gasteiger partial charge < -0.3 is 9.67 Å². The fourth-order valence-corrected chi connectivity index (χ4v) is 8.43. The number of sulfonamides is 2. The molecule has 0 saturated heterocycles. The predicted octanol–water partition coefficient (Wildman–Crippen LogP) is 5.18. The van der Waals surface area contributed by atoms with Gasteiger partial charge in [0.1, 0.15) is 0 Å². The van der Waals surface area contributed by atoms with E-state index in [1.54, 1.807) is 35.9 Å². The average molecular weight is 644 g/mol. The number of nitrogens with zero attached hydrogens (tertiary/aromatic N) is 4. The fraction of sp³-hybridized carbons (Fsp3) is 0.464. The zero-order valence-corrected chi connectivity index (χ0v) is 26.1. The van der Waals surface area contributed by atoms with Crippen molar-refractivity contribution in [2.24, 2.45) is 5.92 Å². The summed E-state index contributed by atoms with van der Waals surface area (Å²) >= 11 is 12.2. The Bertz CT molecular complexity index is 1500. The standard InChI is InChI=1S/C28H36Cl2N4O5S2/c1-22(4-2-17-40(36,37)33(19-23-5-6-23)15-3-14-32-16-13-31-21-32)34(28-18-26(30)8-7-24(28)20-35)41(38,39)27-11-9-25(29)10-12-27/h7-13,16,18,21-23,35H,2-6,14-15,17,19-20H2,1H3/t22-/m1/s1. The Morgan fingerprint density at radius 2 is 1.76 bits per heavy atom. The van der Waals surface area contributed by atoms with Gasteiger partial charge in [-0.25, -0.2) is 26.1 Å². The van der Waals surface area contributed by atoms with Crippen molar-refractivity contribution >= 4 is 48.9 Å². The van der Waals surface area contributed by atoms with E-state index < -0.39 is 32.7 Å². The van der Waals surface area contributed by atoms with Crippen LogP contribution in [-0.2, 0) is 33.2 Å². The molecule has 1 N–H and O–H groups in total. The molecule has 1 atom stereocenters. The van der Waals surface area contributed by atoms with Crippen LogP contribution in [0.25, 0.3) is 0 Å². The van der Waals surface area contributed by atoms with E-state index in [4.69, 9.17) is 23.2 Å². The second kappa shape index (κ2) is 13.9. The molecule has 13 heteroatoms. The van der Waals surface area contributed by atoms with Crippen LogP contribution in [0.1, 0.15) is 44.6 Å². The highest BCUT2D eigenvalue weighted by molar-refractivity contribution is 7.92. The van der Waals surface area contributed by atoms with E-state index in [1.165, 1.54) is 34.6 Å². The third-order valence-corrected chi connectivity index (χ3v) is 11.5. The summed E-state index contributed by atoms with van der Waals surface area (Å²) in [6, 6.07) is 9.88. The first-order chi connectivity index (χ1) is 19.5. The normalized spacial score (nSPS) is 14.9. The molecule has 1 fully saturated rings. The minimum atomic E-state index is -4.11. The van der Waals surface area contributed by atoms with E-state index in [9.17, 15) is 21.9 Å². The van der Waals surface area contributed by atoms with Gasteiger partial charge in [-0.05, 0) is 81.3 Å². The van der Waals surface area contributed by atoms with Crippen LogP contribution in [0.15, 0.2) is 66.1 Å². The lowest BCUT2D eigenvalue weighted by molar-refractivity contribution is 0.282. The van der Waals surface area contributed by atoms with Crippen LogP contribution < -0.4 is 4.31 Å².